The van der Waals surface area contributed by atoms with E-state index < -0.39 is 0 Å². The number of ketones is 2. The van der Waals surface area contributed by atoms with Crippen LogP contribution in [0.3, 0.4) is 0 Å². The summed E-state index contributed by atoms with van der Waals surface area (Å²) < 4.78 is 6.07. The maximum Gasteiger partial charge on any atom is 0.229 e. The Morgan fingerprint density at radius 3 is 1.88 bits per heavy atom. The zero-order chi connectivity index (χ0) is 18.1. The molecule has 0 atom stereocenters. The Kier molecular flexibility index (Phi) is 4.58. The van der Waals surface area contributed by atoms with Crippen LogP contribution in [0.5, 0.6) is 5.75 Å². The highest BCUT2D eigenvalue weighted by atomic mass is 16.5. The van der Waals surface area contributed by atoms with E-state index in [9.17, 15) is 9.59 Å². The first-order valence-electron chi connectivity index (χ1n) is 8.60. The van der Waals surface area contributed by atoms with Crippen molar-refractivity contribution in [1.82, 2.24) is 0 Å². The van der Waals surface area contributed by atoms with Gasteiger partial charge in [-0.2, -0.15) is 0 Å². The number of hydrogen-bond donors (Lipinski definition) is 0. The van der Waals surface area contributed by atoms with Crippen LogP contribution in [0.15, 0.2) is 54.3 Å². The average Bonchev–Trinajstić information content (AvgIpc) is 2.59. The molecule has 0 bridgehead atoms. The highest BCUT2D eigenvalue weighted by Gasteiger charge is 2.28. The SMILES string of the molecule is CC(C)c1cccc(C(C)C)c1OC1=CC(=O)c2ccccc2C1=O. The molecule has 2 aromatic carbocycles. The number of rotatable bonds is 4. The van der Waals surface area contributed by atoms with Gasteiger partial charge >= 0.3 is 0 Å². The number of hydrogen-bond acceptors (Lipinski definition) is 3. The van der Waals surface area contributed by atoms with E-state index >= 15 is 0 Å². The second-order valence-electron chi connectivity index (χ2n) is 6.92. The zero-order valence-electron chi connectivity index (χ0n) is 15.0. The molecule has 3 heteroatoms. The van der Waals surface area contributed by atoms with Crippen molar-refractivity contribution in [3.8, 4) is 5.75 Å². The molecule has 0 fully saturated rings. The fourth-order valence-electron chi connectivity index (χ4n) is 3.08. The smallest absolute Gasteiger partial charge is 0.229 e. The van der Waals surface area contributed by atoms with Crippen LogP contribution in [0.4, 0.5) is 0 Å². The molecule has 0 N–H and O–H groups in total. The quantitative estimate of drug-likeness (QED) is 0.764. The van der Waals surface area contributed by atoms with Gasteiger partial charge in [0, 0.05) is 17.2 Å². The Balaban J connectivity index is 2.07. The van der Waals surface area contributed by atoms with Gasteiger partial charge in [-0.25, -0.2) is 0 Å². The Bertz CT molecular complexity index is 846. The summed E-state index contributed by atoms with van der Waals surface area (Å²) in [5.41, 5.74) is 2.90. The predicted octanol–water partition coefficient (Wildman–Crippen LogP) is 5.28. The summed E-state index contributed by atoms with van der Waals surface area (Å²) in [6, 6.07) is 12.9. The van der Waals surface area contributed by atoms with E-state index in [1.165, 1.54) is 6.08 Å². The number of para-hydroxylation sites is 1. The highest BCUT2D eigenvalue weighted by Crippen LogP contribution is 2.36. The molecule has 0 aliphatic heterocycles. The van der Waals surface area contributed by atoms with Gasteiger partial charge in [0.25, 0.3) is 0 Å². The van der Waals surface area contributed by atoms with E-state index in [1.807, 2.05) is 18.2 Å². The van der Waals surface area contributed by atoms with E-state index in [0.717, 1.165) is 11.1 Å². The fourth-order valence-corrected chi connectivity index (χ4v) is 3.08. The molecule has 0 saturated heterocycles. The van der Waals surface area contributed by atoms with Gasteiger partial charge in [0.1, 0.15) is 5.75 Å². The van der Waals surface area contributed by atoms with Gasteiger partial charge in [-0.15, -0.1) is 0 Å². The molecule has 1 aliphatic rings. The van der Waals surface area contributed by atoms with Crippen LogP contribution in [-0.2, 0) is 0 Å². The normalized spacial score (nSPS) is 13.9. The number of allylic oxidation sites excluding steroid dienone is 2. The molecule has 0 amide bonds. The minimum absolute atomic E-state index is 0.0960. The number of carbonyl (C=O) groups is 2. The Labute approximate surface area is 148 Å². The molecule has 0 spiro atoms. The lowest BCUT2D eigenvalue weighted by Crippen LogP contribution is -2.21. The summed E-state index contributed by atoms with van der Waals surface area (Å²) in [5.74, 6) is 0.840. The van der Waals surface area contributed by atoms with Gasteiger partial charge in [-0.3, -0.25) is 9.59 Å². The van der Waals surface area contributed by atoms with Crippen molar-refractivity contribution in [2.45, 2.75) is 39.5 Å². The molecule has 3 rings (SSSR count). The molecule has 3 nitrogen and oxygen atoms in total. The first-order chi connectivity index (χ1) is 11.9. The molecule has 128 valence electrons. The third kappa shape index (κ3) is 3.14. The maximum atomic E-state index is 12.8. The number of ether oxygens (including phenoxy) is 1. The van der Waals surface area contributed by atoms with E-state index in [-0.39, 0.29) is 29.2 Å². The lowest BCUT2D eigenvalue weighted by molar-refractivity contribution is 0.0946. The van der Waals surface area contributed by atoms with Gasteiger partial charge in [0.15, 0.2) is 11.5 Å². The van der Waals surface area contributed by atoms with Crippen LogP contribution in [0, 0.1) is 0 Å². The monoisotopic (exact) mass is 334 g/mol. The first-order valence-corrected chi connectivity index (χ1v) is 8.60. The molecule has 0 heterocycles. The Hall–Kier alpha value is -2.68. The first kappa shape index (κ1) is 17.2. The number of fused-ring (bicyclic) bond motifs is 1. The standard InChI is InChI=1S/C22H22O3/c1-13(2)15-10-7-11-16(14(3)4)22(15)25-20-12-19(23)17-8-5-6-9-18(17)21(20)24/h5-14H,1-4H3. The van der Waals surface area contributed by atoms with E-state index in [0.29, 0.717) is 16.9 Å². The van der Waals surface area contributed by atoms with E-state index in [2.05, 4.69) is 27.7 Å². The van der Waals surface area contributed by atoms with Crippen molar-refractivity contribution < 1.29 is 14.3 Å². The summed E-state index contributed by atoms with van der Waals surface area (Å²) in [7, 11) is 0. The summed E-state index contributed by atoms with van der Waals surface area (Å²) in [6.07, 6.45) is 1.31. The van der Waals surface area contributed by atoms with Gasteiger partial charge in [0.2, 0.25) is 5.78 Å². The van der Waals surface area contributed by atoms with E-state index in [4.69, 9.17) is 4.74 Å². The van der Waals surface area contributed by atoms with E-state index in [1.54, 1.807) is 24.3 Å². The van der Waals surface area contributed by atoms with Crippen LogP contribution in [-0.4, -0.2) is 11.6 Å². The second-order valence-corrected chi connectivity index (χ2v) is 6.92. The summed E-state index contributed by atoms with van der Waals surface area (Å²) >= 11 is 0. The molecule has 0 aromatic heterocycles. The van der Waals surface area contributed by atoms with Crippen LogP contribution in [0.1, 0.15) is 71.4 Å². The van der Waals surface area contributed by atoms with Crippen LogP contribution < -0.4 is 4.74 Å². The summed E-state index contributed by atoms with van der Waals surface area (Å²) in [4.78, 5) is 25.1. The summed E-state index contributed by atoms with van der Waals surface area (Å²) in [5, 5.41) is 0. The lowest BCUT2D eigenvalue weighted by Gasteiger charge is -2.22. The molecule has 0 saturated carbocycles. The second kappa shape index (κ2) is 6.67. The van der Waals surface area contributed by atoms with Gasteiger partial charge in [0.05, 0.1) is 0 Å². The largest absolute Gasteiger partial charge is 0.452 e. The minimum atomic E-state index is -0.247. The van der Waals surface area contributed by atoms with Crippen molar-refractivity contribution in [3.63, 3.8) is 0 Å². The van der Waals surface area contributed by atoms with Gasteiger partial charge in [-0.1, -0.05) is 70.2 Å². The van der Waals surface area contributed by atoms with Gasteiger partial charge < -0.3 is 4.74 Å². The number of carbonyl (C=O) groups excluding carboxylic acids is 2. The predicted molar refractivity (Wildman–Crippen MR) is 98.4 cm³/mol. The Morgan fingerprint density at radius 2 is 1.32 bits per heavy atom. The summed E-state index contributed by atoms with van der Waals surface area (Å²) in [6.45, 7) is 8.35. The van der Waals surface area contributed by atoms with Crippen LogP contribution >= 0.6 is 0 Å². The molecule has 2 aromatic rings. The van der Waals surface area contributed by atoms with Crippen LogP contribution in [0.2, 0.25) is 0 Å². The molecule has 0 radical (unpaired) electrons. The molecular formula is C22H22O3. The molecule has 1 aliphatic carbocycles. The van der Waals surface area contributed by atoms with Crippen molar-refractivity contribution in [3.05, 3.63) is 76.6 Å². The molecular weight excluding hydrogens is 312 g/mol. The molecule has 25 heavy (non-hydrogen) atoms. The van der Waals surface area contributed by atoms with Crippen molar-refractivity contribution in [2.75, 3.05) is 0 Å². The van der Waals surface area contributed by atoms with Crippen LogP contribution in [0.25, 0.3) is 0 Å². The average molecular weight is 334 g/mol. The minimum Gasteiger partial charge on any atom is -0.452 e. The number of Topliss-reactive ketones (excluding diaryl/α,β-unsaturated/α-hetero) is 1. The van der Waals surface area contributed by atoms with Crippen molar-refractivity contribution >= 4 is 11.6 Å². The maximum absolute atomic E-state index is 12.8. The van der Waals surface area contributed by atoms with Gasteiger partial charge in [-0.05, 0) is 23.0 Å². The van der Waals surface area contributed by atoms with Crippen molar-refractivity contribution in [2.24, 2.45) is 0 Å². The topological polar surface area (TPSA) is 43.4 Å². The Morgan fingerprint density at radius 1 is 0.760 bits per heavy atom. The third-order valence-corrected chi connectivity index (χ3v) is 4.46. The number of benzene rings is 2. The molecule has 0 unspecified atom stereocenters. The third-order valence-electron chi connectivity index (χ3n) is 4.46. The lowest BCUT2D eigenvalue weighted by atomic mass is 9.92. The zero-order valence-corrected chi connectivity index (χ0v) is 15.0. The van der Waals surface area contributed by atoms with Crippen molar-refractivity contribution in [1.29, 1.82) is 0 Å². The highest BCUT2D eigenvalue weighted by molar-refractivity contribution is 6.23. The fraction of sp³-hybridized carbons (Fsp3) is 0.273.